The van der Waals surface area contributed by atoms with E-state index in [1.54, 1.807) is 0 Å². The van der Waals surface area contributed by atoms with Gasteiger partial charge in [0.05, 0.1) is 33.9 Å². The zero-order chi connectivity index (χ0) is 42.3. The van der Waals surface area contributed by atoms with Crippen LogP contribution in [0.25, 0.3) is 0 Å². The summed E-state index contributed by atoms with van der Waals surface area (Å²) in [4.78, 5) is 37.5. The van der Waals surface area contributed by atoms with Crippen molar-refractivity contribution in [3.8, 4) is 0 Å². The molecule has 0 aliphatic carbocycles. The maximum Gasteiger partial charge on any atom is 0.306 e. The summed E-state index contributed by atoms with van der Waals surface area (Å²) in [6, 6.07) is 0. The molecule has 11 heteroatoms. The van der Waals surface area contributed by atoms with E-state index in [-0.39, 0.29) is 32.2 Å². The number of hydrogen-bond donors (Lipinski definition) is 1. The van der Waals surface area contributed by atoms with E-state index in [2.05, 4.69) is 50.3 Å². The van der Waals surface area contributed by atoms with E-state index in [0.717, 1.165) is 77.0 Å². The van der Waals surface area contributed by atoms with Crippen LogP contribution in [-0.2, 0) is 32.7 Å². The standard InChI is InChI=1S/C46H80NO9P/c1-6-8-10-11-12-13-14-15-16-17-20-23-26-29-33-37-45(49)53-41-44(42-55-57(51,52)54-40-39-47(3,4)5)56-46(50)38-34-30-27-24-21-18-19-22-25-28-32-36-43(48)35-31-9-7-2/h12-13,15-16,18-19,24-25,27-28,32,36,43-44,48H,6-11,14,17,20-23,26,29-31,33-35,37-42H2,1-5H3/b13-12-,16-15-,19-18-,27-24-,28-25-,36-32+/t43-,44+/m0/s1. The van der Waals surface area contributed by atoms with E-state index in [0.29, 0.717) is 30.3 Å². The summed E-state index contributed by atoms with van der Waals surface area (Å²) in [5.41, 5.74) is 0. The number of rotatable bonds is 38. The minimum absolute atomic E-state index is 0.0553. The minimum atomic E-state index is -4.66. The molecule has 0 saturated carbocycles. The van der Waals surface area contributed by atoms with Crippen molar-refractivity contribution in [1.82, 2.24) is 0 Å². The number of nitrogens with zero attached hydrogens (tertiary/aromatic N) is 1. The number of quaternary nitrogens is 1. The van der Waals surface area contributed by atoms with Gasteiger partial charge in [-0.05, 0) is 70.6 Å². The highest BCUT2D eigenvalue weighted by Crippen LogP contribution is 2.38. The zero-order valence-electron chi connectivity index (χ0n) is 36.4. The van der Waals surface area contributed by atoms with Crippen LogP contribution in [-0.4, -0.2) is 81.2 Å². The Morgan fingerprint density at radius 1 is 0.649 bits per heavy atom. The molecule has 0 fully saturated rings. The number of aliphatic hydroxyl groups excluding tert-OH is 1. The summed E-state index contributed by atoms with van der Waals surface area (Å²) >= 11 is 0. The molecule has 0 aliphatic heterocycles. The van der Waals surface area contributed by atoms with Gasteiger partial charge in [-0.3, -0.25) is 14.2 Å². The summed E-state index contributed by atoms with van der Waals surface area (Å²) in [5, 5.41) is 9.90. The summed E-state index contributed by atoms with van der Waals surface area (Å²) in [7, 11) is 1.08. The monoisotopic (exact) mass is 822 g/mol. The predicted molar refractivity (Wildman–Crippen MR) is 232 cm³/mol. The number of esters is 2. The first-order valence-corrected chi connectivity index (χ1v) is 23.2. The first kappa shape index (κ1) is 54.4. The Kier molecular flexibility index (Phi) is 36.0. The third-order valence-corrected chi connectivity index (χ3v) is 9.77. The molecule has 1 N–H and O–H groups in total. The predicted octanol–water partition coefficient (Wildman–Crippen LogP) is 10.6. The van der Waals surface area contributed by atoms with Gasteiger partial charge in [0.2, 0.25) is 0 Å². The SMILES string of the molecule is CCCCC/C=C\C/C=C\CCCCCCCC(=O)OC[C@H](COP(=O)([O-])OCC[N+](C)(C)C)OC(=O)CCC/C=C\C/C=C\C/C=C\C=C\[C@@H](O)CCCCC. The molecule has 10 nitrogen and oxygen atoms in total. The highest BCUT2D eigenvalue weighted by atomic mass is 31.2. The first-order valence-electron chi connectivity index (χ1n) is 21.8. The minimum Gasteiger partial charge on any atom is -0.756 e. The molecule has 0 rings (SSSR count). The molecule has 328 valence electrons. The molecule has 0 bridgehead atoms. The second-order valence-corrected chi connectivity index (χ2v) is 17.0. The van der Waals surface area contributed by atoms with Gasteiger partial charge >= 0.3 is 11.9 Å². The van der Waals surface area contributed by atoms with Crippen LogP contribution in [0.5, 0.6) is 0 Å². The normalized spacial score (nSPS) is 14.9. The van der Waals surface area contributed by atoms with Crippen LogP contribution in [0.1, 0.15) is 149 Å². The number of carbonyl (C=O) groups excluding carboxylic acids is 2. The molecule has 1 unspecified atom stereocenters. The van der Waals surface area contributed by atoms with Crippen molar-refractivity contribution >= 4 is 19.8 Å². The fraction of sp³-hybridized carbons (Fsp3) is 0.696. The number of phosphoric ester groups is 1. The van der Waals surface area contributed by atoms with E-state index in [1.807, 2.05) is 57.6 Å². The van der Waals surface area contributed by atoms with Gasteiger partial charge in [-0.1, -0.05) is 138 Å². The van der Waals surface area contributed by atoms with Gasteiger partial charge in [-0.2, -0.15) is 0 Å². The molecule has 3 atom stereocenters. The van der Waals surface area contributed by atoms with Gasteiger partial charge in [0.1, 0.15) is 19.8 Å². The molecular formula is C46H80NO9P. The van der Waals surface area contributed by atoms with Gasteiger partial charge in [-0.25, -0.2) is 0 Å². The van der Waals surface area contributed by atoms with E-state index in [4.69, 9.17) is 18.5 Å². The second kappa shape index (κ2) is 37.7. The van der Waals surface area contributed by atoms with Crippen molar-refractivity contribution in [2.24, 2.45) is 0 Å². The number of phosphoric acid groups is 1. The second-order valence-electron chi connectivity index (χ2n) is 15.5. The van der Waals surface area contributed by atoms with E-state index < -0.39 is 32.5 Å². The summed E-state index contributed by atoms with van der Waals surface area (Å²) in [5.74, 6) is -0.950. The average molecular weight is 822 g/mol. The first-order chi connectivity index (χ1) is 27.4. The average Bonchev–Trinajstić information content (AvgIpc) is 3.15. The van der Waals surface area contributed by atoms with Crippen molar-refractivity contribution in [2.75, 3.05) is 47.5 Å². The van der Waals surface area contributed by atoms with E-state index in [9.17, 15) is 24.2 Å². The van der Waals surface area contributed by atoms with Crippen molar-refractivity contribution in [3.63, 3.8) is 0 Å². The summed E-state index contributed by atoms with van der Waals surface area (Å²) in [6.45, 7) is 3.95. The maximum absolute atomic E-state index is 12.6. The largest absolute Gasteiger partial charge is 0.756 e. The molecule has 0 saturated heterocycles. The lowest BCUT2D eigenvalue weighted by Gasteiger charge is -2.28. The van der Waals surface area contributed by atoms with Crippen molar-refractivity contribution < 1.29 is 47.2 Å². The smallest absolute Gasteiger partial charge is 0.306 e. The number of allylic oxidation sites excluding steroid dienone is 11. The zero-order valence-corrected chi connectivity index (χ0v) is 37.3. The third kappa shape index (κ3) is 41.4. The van der Waals surface area contributed by atoms with Crippen molar-refractivity contribution in [3.05, 3.63) is 72.9 Å². The van der Waals surface area contributed by atoms with Crippen LogP contribution in [0.4, 0.5) is 0 Å². The fourth-order valence-corrected chi connectivity index (χ4v) is 6.04. The highest BCUT2D eigenvalue weighted by molar-refractivity contribution is 7.45. The number of ether oxygens (including phenoxy) is 2. The molecular weight excluding hydrogens is 741 g/mol. The Bertz CT molecular complexity index is 1220. The van der Waals surface area contributed by atoms with Crippen molar-refractivity contribution in [2.45, 2.75) is 161 Å². The Morgan fingerprint density at radius 2 is 1.19 bits per heavy atom. The fourth-order valence-electron chi connectivity index (χ4n) is 5.32. The maximum atomic E-state index is 12.6. The van der Waals surface area contributed by atoms with Crippen LogP contribution < -0.4 is 4.89 Å². The lowest BCUT2D eigenvalue weighted by atomic mass is 10.1. The van der Waals surface area contributed by atoms with Crippen LogP contribution in [0.2, 0.25) is 0 Å². The van der Waals surface area contributed by atoms with Gasteiger partial charge in [0, 0.05) is 12.8 Å². The van der Waals surface area contributed by atoms with Crippen molar-refractivity contribution in [1.29, 1.82) is 0 Å². The topological polar surface area (TPSA) is 131 Å². The van der Waals surface area contributed by atoms with E-state index >= 15 is 0 Å². The van der Waals surface area contributed by atoms with Crippen LogP contribution in [0, 0.1) is 0 Å². The molecule has 0 spiro atoms. The van der Waals surface area contributed by atoms with Gasteiger partial charge in [-0.15, -0.1) is 0 Å². The molecule has 0 aromatic carbocycles. The molecule has 0 aromatic rings. The van der Waals surface area contributed by atoms with Gasteiger partial charge in [0.25, 0.3) is 7.82 Å². The Labute approximate surface area is 347 Å². The van der Waals surface area contributed by atoms with Gasteiger partial charge in [0.15, 0.2) is 6.10 Å². The Hall–Kier alpha value is -2.59. The van der Waals surface area contributed by atoms with Crippen LogP contribution >= 0.6 is 7.82 Å². The Balaban J connectivity index is 4.55. The number of carbonyl (C=O) groups is 2. The summed E-state index contributed by atoms with van der Waals surface area (Å²) < 4.78 is 33.8. The summed E-state index contributed by atoms with van der Waals surface area (Å²) in [6.07, 6.45) is 42.6. The number of aliphatic hydroxyl groups is 1. The lowest BCUT2D eigenvalue weighted by Crippen LogP contribution is -2.37. The van der Waals surface area contributed by atoms with Gasteiger partial charge < -0.3 is 33.0 Å². The van der Waals surface area contributed by atoms with E-state index in [1.165, 1.54) is 25.7 Å². The van der Waals surface area contributed by atoms with Crippen LogP contribution in [0.15, 0.2) is 72.9 Å². The highest BCUT2D eigenvalue weighted by Gasteiger charge is 2.21. The Morgan fingerprint density at radius 3 is 1.84 bits per heavy atom. The number of hydrogen-bond acceptors (Lipinski definition) is 9. The lowest BCUT2D eigenvalue weighted by molar-refractivity contribution is -0.870. The quantitative estimate of drug-likeness (QED) is 0.0161. The molecule has 0 aliphatic rings. The molecule has 0 radical (unpaired) electrons. The molecule has 57 heavy (non-hydrogen) atoms. The number of likely N-dealkylation sites (N-methyl/N-ethyl adjacent to an activating group) is 1. The third-order valence-electron chi connectivity index (χ3n) is 8.80. The molecule has 0 aromatic heterocycles. The number of unbranched alkanes of at least 4 members (excludes halogenated alkanes) is 11. The molecule has 0 heterocycles. The molecule has 0 amide bonds. The van der Waals surface area contributed by atoms with Crippen LogP contribution in [0.3, 0.4) is 0 Å².